The van der Waals surface area contributed by atoms with Gasteiger partial charge in [0, 0.05) is 60.9 Å². The zero-order valence-corrected chi connectivity index (χ0v) is 19.4. The first kappa shape index (κ1) is 21.1. The topological polar surface area (TPSA) is 60.8 Å². The number of esters is 1. The van der Waals surface area contributed by atoms with Crippen molar-refractivity contribution in [2.75, 3.05) is 19.0 Å². The van der Waals surface area contributed by atoms with E-state index < -0.39 is 12.3 Å². The molecule has 1 aliphatic carbocycles. The number of fused-ring (bicyclic) bond motifs is 3. The fraction of sp³-hybridized carbons (Fsp3) is 0.259. The van der Waals surface area contributed by atoms with Crippen molar-refractivity contribution in [2.24, 2.45) is 7.05 Å². The number of carbonyl (C=O) groups excluding carboxylic acids is 2. The van der Waals surface area contributed by atoms with Crippen molar-refractivity contribution in [2.45, 2.75) is 26.1 Å². The number of ether oxygens (including phenoxy) is 2. The smallest absolute Gasteiger partial charge is 0.336 e. The number of ketones is 1. The Kier molecular flexibility index (Phi) is 4.89. The van der Waals surface area contributed by atoms with E-state index in [1.807, 2.05) is 32.6 Å². The number of rotatable bonds is 4. The zero-order valence-electron chi connectivity index (χ0n) is 19.4. The summed E-state index contributed by atoms with van der Waals surface area (Å²) in [6, 6.07) is 14.8. The Balaban J connectivity index is 1.51. The highest BCUT2D eigenvalue weighted by Gasteiger charge is 2.38. The third kappa shape index (κ3) is 3.33. The van der Waals surface area contributed by atoms with E-state index in [0.717, 1.165) is 33.3 Å². The van der Waals surface area contributed by atoms with Crippen LogP contribution in [0.5, 0.6) is 0 Å². The van der Waals surface area contributed by atoms with E-state index in [9.17, 15) is 9.59 Å². The third-order valence-electron chi connectivity index (χ3n) is 6.59. The summed E-state index contributed by atoms with van der Waals surface area (Å²) in [4.78, 5) is 26.9. The predicted octanol–water partition coefficient (Wildman–Crippen LogP) is 4.94. The van der Waals surface area contributed by atoms with Crippen molar-refractivity contribution in [1.29, 1.82) is 0 Å². The Morgan fingerprint density at radius 1 is 1.06 bits per heavy atom. The van der Waals surface area contributed by atoms with Crippen molar-refractivity contribution in [3.05, 3.63) is 77.2 Å². The van der Waals surface area contributed by atoms with E-state index >= 15 is 0 Å². The lowest BCUT2D eigenvalue weighted by molar-refractivity contribution is -0.152. The number of carbonyl (C=O) groups is 2. The number of aromatic nitrogens is 1. The second kappa shape index (κ2) is 7.66. The predicted molar refractivity (Wildman–Crippen MR) is 128 cm³/mol. The maximum atomic E-state index is 13.3. The average molecular weight is 443 g/mol. The molecule has 2 unspecified atom stereocenters. The molecule has 0 saturated carbocycles. The molecule has 0 bridgehead atoms. The van der Waals surface area contributed by atoms with Crippen LogP contribution in [0.3, 0.4) is 0 Å². The first-order chi connectivity index (χ1) is 15.8. The van der Waals surface area contributed by atoms with Gasteiger partial charge in [-0.3, -0.25) is 4.79 Å². The highest BCUT2D eigenvalue weighted by Crippen LogP contribution is 2.44. The van der Waals surface area contributed by atoms with Gasteiger partial charge in [0.2, 0.25) is 5.78 Å². The van der Waals surface area contributed by atoms with Crippen LogP contribution in [0.1, 0.15) is 35.8 Å². The van der Waals surface area contributed by atoms with Crippen molar-refractivity contribution < 1.29 is 19.1 Å². The first-order valence-electron chi connectivity index (χ1n) is 11.0. The molecule has 0 N–H and O–H groups in total. The number of anilines is 1. The molecule has 6 nitrogen and oxygen atoms in total. The maximum absolute atomic E-state index is 13.3. The number of aryl methyl sites for hydroxylation is 1. The van der Waals surface area contributed by atoms with Crippen molar-refractivity contribution in [1.82, 2.24) is 4.57 Å². The fourth-order valence-corrected chi connectivity index (χ4v) is 4.67. The summed E-state index contributed by atoms with van der Waals surface area (Å²) in [7, 11) is 5.97. The van der Waals surface area contributed by atoms with Crippen LogP contribution in [-0.2, 0) is 21.3 Å². The Hall–Kier alpha value is -3.80. The van der Waals surface area contributed by atoms with Gasteiger partial charge in [-0.2, -0.15) is 0 Å². The second-order valence-electron chi connectivity index (χ2n) is 8.88. The van der Waals surface area contributed by atoms with Crippen LogP contribution in [0.15, 0.2) is 65.9 Å². The van der Waals surface area contributed by atoms with Crippen LogP contribution in [-0.4, -0.2) is 36.7 Å². The summed E-state index contributed by atoms with van der Waals surface area (Å²) in [5.41, 5.74) is 7.16. The molecule has 1 aliphatic heterocycles. The molecule has 2 heterocycles. The van der Waals surface area contributed by atoms with Crippen LogP contribution in [0.2, 0.25) is 0 Å². The van der Waals surface area contributed by atoms with Gasteiger partial charge < -0.3 is 18.9 Å². The van der Waals surface area contributed by atoms with Crippen LogP contribution in [0.4, 0.5) is 5.69 Å². The number of cyclic esters (lactones) is 1. The molecule has 0 fully saturated rings. The minimum atomic E-state index is -0.790. The van der Waals surface area contributed by atoms with Gasteiger partial charge in [0.15, 0.2) is 0 Å². The van der Waals surface area contributed by atoms with E-state index in [-0.39, 0.29) is 11.7 Å². The molecule has 1 aromatic heterocycles. The lowest BCUT2D eigenvalue weighted by atomic mass is 9.96. The molecule has 3 aromatic rings. The average Bonchev–Trinajstić information content (AvgIpc) is 3.37. The molecule has 2 atom stereocenters. The van der Waals surface area contributed by atoms with Gasteiger partial charge in [-0.05, 0) is 47.9 Å². The normalized spacial score (nSPS) is 20.9. The molecular formula is C27H26N2O4. The molecule has 0 radical (unpaired) electrons. The molecule has 0 amide bonds. The zero-order chi connectivity index (χ0) is 23.4. The molecule has 0 spiro atoms. The first-order valence-corrected chi connectivity index (χ1v) is 11.0. The van der Waals surface area contributed by atoms with Gasteiger partial charge in [0.1, 0.15) is 0 Å². The quantitative estimate of drug-likeness (QED) is 0.325. The molecule has 2 aromatic carbocycles. The standard InChI is InChI=1S/C27H26N2O4/c1-15-12-23(33-27(15)31)32-14-21-16(2)24-20-13-18(17-6-9-19(10-7-17)28(3)4)8-11-22(20)29(5)25(24)26(21)30/h6-14,16,23H,1-5H3/b21-14+. The Morgan fingerprint density at radius 3 is 2.39 bits per heavy atom. The van der Waals surface area contributed by atoms with Gasteiger partial charge in [0.25, 0.3) is 6.29 Å². The highest BCUT2D eigenvalue weighted by atomic mass is 16.7. The van der Waals surface area contributed by atoms with Gasteiger partial charge >= 0.3 is 5.97 Å². The number of hydrogen-bond acceptors (Lipinski definition) is 5. The summed E-state index contributed by atoms with van der Waals surface area (Å²) in [5.74, 6) is -0.590. The summed E-state index contributed by atoms with van der Waals surface area (Å²) in [6.07, 6.45) is 2.28. The van der Waals surface area contributed by atoms with Gasteiger partial charge in [-0.25, -0.2) is 4.79 Å². The van der Waals surface area contributed by atoms with E-state index in [4.69, 9.17) is 9.47 Å². The van der Waals surface area contributed by atoms with Crippen LogP contribution < -0.4 is 4.90 Å². The maximum Gasteiger partial charge on any atom is 0.336 e. The molecule has 168 valence electrons. The fourth-order valence-electron chi connectivity index (χ4n) is 4.67. The van der Waals surface area contributed by atoms with E-state index in [0.29, 0.717) is 16.8 Å². The third-order valence-corrected chi connectivity index (χ3v) is 6.59. The number of hydrogen-bond donors (Lipinski definition) is 0. The van der Waals surface area contributed by atoms with Crippen LogP contribution in [0, 0.1) is 0 Å². The van der Waals surface area contributed by atoms with Gasteiger partial charge in [-0.1, -0.05) is 25.1 Å². The summed E-state index contributed by atoms with van der Waals surface area (Å²) in [5, 5.41) is 1.06. The van der Waals surface area contributed by atoms with Gasteiger partial charge in [-0.15, -0.1) is 0 Å². The van der Waals surface area contributed by atoms with Crippen molar-refractivity contribution in [3.63, 3.8) is 0 Å². The lowest BCUT2D eigenvalue weighted by Crippen LogP contribution is -2.11. The van der Waals surface area contributed by atoms with Gasteiger partial charge in [0.05, 0.1) is 12.0 Å². The molecule has 33 heavy (non-hydrogen) atoms. The monoisotopic (exact) mass is 442 g/mol. The Morgan fingerprint density at radius 2 is 1.76 bits per heavy atom. The Labute approximate surface area is 192 Å². The number of Topliss-reactive ketones (excluding diaryl/α,β-unsaturated/α-hetero) is 1. The summed E-state index contributed by atoms with van der Waals surface area (Å²) >= 11 is 0. The number of allylic oxidation sites excluding steroid dienone is 1. The lowest BCUT2D eigenvalue weighted by Gasteiger charge is -2.13. The minimum absolute atomic E-state index is 0.0573. The van der Waals surface area contributed by atoms with Crippen LogP contribution >= 0.6 is 0 Å². The number of benzene rings is 2. The molecule has 0 saturated heterocycles. The van der Waals surface area contributed by atoms with E-state index in [1.165, 1.54) is 6.26 Å². The van der Waals surface area contributed by atoms with Crippen molar-refractivity contribution in [3.8, 4) is 11.1 Å². The largest absolute Gasteiger partial charge is 0.458 e. The van der Waals surface area contributed by atoms with Crippen molar-refractivity contribution >= 4 is 28.3 Å². The SMILES string of the molecule is CC1=CC(O/C=C2/C(=O)c3c(c4cc(-c5ccc(N(C)C)cc5)ccc4n3C)C2C)OC1=O. The van der Waals surface area contributed by atoms with E-state index in [2.05, 4.69) is 47.4 Å². The molecular weight excluding hydrogens is 416 g/mol. The number of nitrogens with zero attached hydrogens (tertiary/aromatic N) is 2. The highest BCUT2D eigenvalue weighted by molar-refractivity contribution is 6.17. The summed E-state index contributed by atoms with van der Waals surface area (Å²) < 4.78 is 12.7. The second-order valence-corrected chi connectivity index (χ2v) is 8.88. The minimum Gasteiger partial charge on any atom is -0.458 e. The molecule has 2 aliphatic rings. The van der Waals surface area contributed by atoms with E-state index in [1.54, 1.807) is 13.0 Å². The molecule has 5 rings (SSSR count). The summed E-state index contributed by atoms with van der Waals surface area (Å²) in [6.45, 7) is 3.69. The molecule has 6 heteroatoms. The Bertz CT molecular complexity index is 1360. The van der Waals surface area contributed by atoms with Crippen LogP contribution in [0.25, 0.3) is 22.0 Å².